The third-order valence-electron chi connectivity index (χ3n) is 1.85. The summed E-state index contributed by atoms with van der Waals surface area (Å²) < 4.78 is 0. The van der Waals surface area contributed by atoms with Crippen molar-refractivity contribution < 1.29 is 5.11 Å². The van der Waals surface area contributed by atoms with Gasteiger partial charge in [-0.1, -0.05) is 26.3 Å². The Balaban J connectivity index is 2.53. The lowest BCUT2D eigenvalue weighted by Crippen LogP contribution is -1.93. The molecule has 1 N–H and O–H groups in total. The Hall–Kier alpha value is -0.630. The summed E-state index contributed by atoms with van der Waals surface area (Å²) in [7, 11) is 0. The summed E-state index contributed by atoms with van der Waals surface area (Å²) in [6.07, 6.45) is 2.44. The maximum atomic E-state index is 9.24. The van der Waals surface area contributed by atoms with Gasteiger partial charge in [0.1, 0.15) is 5.75 Å². The predicted molar refractivity (Wildman–Crippen MR) is 58.3 cm³/mol. The molecule has 13 heavy (non-hydrogen) atoms. The average Bonchev–Trinajstić information content (AvgIpc) is 2.04. The Morgan fingerprint density at radius 2 is 2.23 bits per heavy atom. The van der Waals surface area contributed by atoms with Crippen LogP contribution < -0.4 is 0 Å². The van der Waals surface area contributed by atoms with Crippen LogP contribution >= 0.6 is 11.8 Å². The Morgan fingerprint density at radius 1 is 1.46 bits per heavy atom. The third-order valence-corrected chi connectivity index (χ3v) is 3.01. The predicted octanol–water partition coefficient (Wildman–Crippen LogP) is 3.67. The maximum absolute atomic E-state index is 9.24. The first-order valence-corrected chi connectivity index (χ1v) is 5.56. The first-order valence-electron chi connectivity index (χ1n) is 4.68. The molecular weight excluding hydrogens is 180 g/mol. The summed E-state index contributed by atoms with van der Waals surface area (Å²) in [4.78, 5) is 1.15. The monoisotopic (exact) mass is 196 g/mol. The minimum Gasteiger partial charge on any atom is -0.508 e. The molecule has 0 fully saturated rings. The lowest BCUT2D eigenvalue weighted by atomic mass is 10.3. The molecule has 0 bridgehead atoms. The minimum atomic E-state index is 0.355. The number of aromatic hydroxyl groups is 1. The Bertz CT molecular complexity index is 260. The van der Waals surface area contributed by atoms with Gasteiger partial charge in [-0.25, -0.2) is 0 Å². The largest absolute Gasteiger partial charge is 0.508 e. The zero-order valence-electron chi connectivity index (χ0n) is 8.16. The highest BCUT2D eigenvalue weighted by Gasteiger charge is 2.02. The molecule has 0 aliphatic rings. The van der Waals surface area contributed by atoms with Gasteiger partial charge in [-0.3, -0.25) is 0 Å². The van der Waals surface area contributed by atoms with Crippen molar-refractivity contribution in [1.29, 1.82) is 0 Å². The molecule has 2 heteroatoms. The van der Waals surface area contributed by atoms with Gasteiger partial charge in [0.15, 0.2) is 0 Å². The molecule has 0 heterocycles. The zero-order valence-corrected chi connectivity index (χ0v) is 8.97. The van der Waals surface area contributed by atoms with Crippen LogP contribution in [0.5, 0.6) is 5.75 Å². The van der Waals surface area contributed by atoms with Crippen LogP contribution in [0.15, 0.2) is 29.2 Å². The van der Waals surface area contributed by atoms with Crippen molar-refractivity contribution in [2.45, 2.75) is 36.8 Å². The second kappa shape index (κ2) is 5.18. The van der Waals surface area contributed by atoms with E-state index in [0.717, 1.165) is 4.90 Å². The van der Waals surface area contributed by atoms with E-state index in [1.807, 2.05) is 30.0 Å². The van der Waals surface area contributed by atoms with E-state index in [1.54, 1.807) is 6.07 Å². The molecule has 72 valence electrons. The summed E-state index contributed by atoms with van der Waals surface area (Å²) in [6, 6.07) is 7.44. The number of phenols is 1. The summed E-state index contributed by atoms with van der Waals surface area (Å²) in [6.45, 7) is 4.41. The molecule has 0 spiro atoms. The fraction of sp³-hybridized carbons (Fsp3) is 0.455. The van der Waals surface area contributed by atoms with Crippen molar-refractivity contribution in [2.24, 2.45) is 0 Å². The molecule has 0 radical (unpaired) electrons. The smallest absolute Gasteiger partial charge is 0.116 e. The van der Waals surface area contributed by atoms with Crippen molar-refractivity contribution in [3.8, 4) is 5.75 Å². The van der Waals surface area contributed by atoms with E-state index < -0.39 is 0 Å². The van der Waals surface area contributed by atoms with Crippen LogP contribution in [-0.2, 0) is 0 Å². The molecule has 1 aromatic carbocycles. The van der Waals surface area contributed by atoms with E-state index >= 15 is 0 Å². The maximum Gasteiger partial charge on any atom is 0.116 e. The Kier molecular flexibility index (Phi) is 4.16. The summed E-state index contributed by atoms with van der Waals surface area (Å²) in [5.41, 5.74) is 0. The number of phenolic OH excluding ortho intramolecular Hbond substituents is 1. The van der Waals surface area contributed by atoms with Gasteiger partial charge in [-0.2, -0.15) is 0 Å². The van der Waals surface area contributed by atoms with Gasteiger partial charge in [0.25, 0.3) is 0 Å². The van der Waals surface area contributed by atoms with E-state index in [9.17, 15) is 5.11 Å². The van der Waals surface area contributed by atoms with Crippen LogP contribution in [0.2, 0.25) is 0 Å². The van der Waals surface area contributed by atoms with Crippen LogP contribution in [0.4, 0.5) is 0 Å². The van der Waals surface area contributed by atoms with Crippen molar-refractivity contribution in [3.05, 3.63) is 24.3 Å². The van der Waals surface area contributed by atoms with Gasteiger partial charge in [-0.05, 0) is 24.6 Å². The lowest BCUT2D eigenvalue weighted by molar-refractivity contribution is 0.474. The topological polar surface area (TPSA) is 20.2 Å². The SMILES string of the molecule is CCCC(C)Sc1cccc(O)c1. The Morgan fingerprint density at radius 3 is 2.85 bits per heavy atom. The van der Waals surface area contributed by atoms with E-state index in [4.69, 9.17) is 0 Å². The summed E-state index contributed by atoms with van der Waals surface area (Å²) in [5.74, 6) is 0.355. The first-order chi connectivity index (χ1) is 6.22. The molecule has 1 unspecified atom stereocenters. The number of benzene rings is 1. The molecule has 1 atom stereocenters. The van der Waals surface area contributed by atoms with Crippen molar-refractivity contribution >= 4 is 11.8 Å². The highest BCUT2D eigenvalue weighted by atomic mass is 32.2. The van der Waals surface area contributed by atoms with E-state index in [0.29, 0.717) is 11.0 Å². The quantitative estimate of drug-likeness (QED) is 0.741. The van der Waals surface area contributed by atoms with Gasteiger partial charge in [0.2, 0.25) is 0 Å². The van der Waals surface area contributed by atoms with Crippen LogP contribution in [0, 0.1) is 0 Å². The Labute approximate surface area is 84.2 Å². The average molecular weight is 196 g/mol. The summed E-state index contributed by atoms with van der Waals surface area (Å²) >= 11 is 1.82. The molecule has 0 aliphatic carbocycles. The van der Waals surface area contributed by atoms with E-state index in [-0.39, 0.29) is 0 Å². The van der Waals surface area contributed by atoms with Gasteiger partial charge >= 0.3 is 0 Å². The molecule has 0 saturated heterocycles. The van der Waals surface area contributed by atoms with Gasteiger partial charge in [0, 0.05) is 10.1 Å². The number of hydrogen-bond donors (Lipinski definition) is 1. The van der Waals surface area contributed by atoms with Crippen LogP contribution in [-0.4, -0.2) is 10.4 Å². The van der Waals surface area contributed by atoms with Gasteiger partial charge in [0.05, 0.1) is 0 Å². The molecule has 0 aromatic heterocycles. The standard InChI is InChI=1S/C11H16OS/c1-3-5-9(2)13-11-7-4-6-10(12)8-11/h4,6-9,12H,3,5H2,1-2H3. The minimum absolute atomic E-state index is 0.355. The molecule has 0 aliphatic heterocycles. The van der Waals surface area contributed by atoms with Crippen LogP contribution in [0.25, 0.3) is 0 Å². The number of hydrogen-bond acceptors (Lipinski definition) is 2. The lowest BCUT2D eigenvalue weighted by Gasteiger charge is -2.09. The highest BCUT2D eigenvalue weighted by Crippen LogP contribution is 2.27. The second-order valence-electron chi connectivity index (χ2n) is 3.21. The van der Waals surface area contributed by atoms with Crippen LogP contribution in [0.3, 0.4) is 0 Å². The fourth-order valence-corrected chi connectivity index (χ4v) is 2.42. The zero-order chi connectivity index (χ0) is 9.68. The van der Waals surface area contributed by atoms with E-state index in [2.05, 4.69) is 13.8 Å². The third kappa shape index (κ3) is 3.73. The van der Waals surface area contributed by atoms with Crippen molar-refractivity contribution in [3.63, 3.8) is 0 Å². The molecule has 1 rings (SSSR count). The van der Waals surface area contributed by atoms with Crippen molar-refractivity contribution in [2.75, 3.05) is 0 Å². The number of thioether (sulfide) groups is 1. The molecule has 0 amide bonds. The second-order valence-corrected chi connectivity index (χ2v) is 4.73. The first kappa shape index (κ1) is 10.5. The van der Waals surface area contributed by atoms with Gasteiger partial charge < -0.3 is 5.11 Å². The molecule has 1 aromatic rings. The van der Waals surface area contributed by atoms with Crippen molar-refractivity contribution in [1.82, 2.24) is 0 Å². The molecular formula is C11H16OS. The van der Waals surface area contributed by atoms with E-state index in [1.165, 1.54) is 12.8 Å². The molecule has 1 nitrogen and oxygen atoms in total. The molecule has 0 saturated carbocycles. The fourth-order valence-electron chi connectivity index (χ4n) is 1.25. The number of rotatable bonds is 4. The van der Waals surface area contributed by atoms with Gasteiger partial charge in [-0.15, -0.1) is 11.8 Å². The normalized spacial score (nSPS) is 12.8. The highest BCUT2D eigenvalue weighted by molar-refractivity contribution is 7.99. The summed E-state index contributed by atoms with van der Waals surface area (Å²) in [5, 5.41) is 9.87. The van der Waals surface area contributed by atoms with Crippen LogP contribution in [0.1, 0.15) is 26.7 Å².